The monoisotopic (exact) mass is 362 g/mol. The molecule has 25 heavy (non-hydrogen) atoms. The van der Waals surface area contributed by atoms with Gasteiger partial charge in [0.15, 0.2) is 5.75 Å². The van der Waals surface area contributed by atoms with Crippen molar-refractivity contribution in [1.82, 2.24) is 0 Å². The summed E-state index contributed by atoms with van der Waals surface area (Å²) in [5.74, 6) is -0.390. The number of aromatic carboxylic acids is 1. The molecular weight excluding hydrogens is 340 g/mol. The average molecular weight is 362 g/mol. The Kier molecular flexibility index (Phi) is 6.03. The summed E-state index contributed by atoms with van der Waals surface area (Å²) in [6, 6.07) is 11.6. The van der Waals surface area contributed by atoms with Crippen molar-refractivity contribution in [3.8, 4) is 11.5 Å². The highest BCUT2D eigenvalue weighted by atomic mass is 32.2. The number of carboxylic acids is 1. The lowest BCUT2D eigenvalue weighted by Gasteiger charge is -2.18. The fraction of sp³-hybridized carbons (Fsp3) is 0.278. The van der Waals surface area contributed by atoms with E-state index in [1.807, 2.05) is 13.0 Å². The number of rotatable bonds is 8. The van der Waals surface area contributed by atoms with Crippen molar-refractivity contribution in [1.29, 1.82) is 4.78 Å². The highest BCUT2D eigenvalue weighted by molar-refractivity contribution is 7.91. The standard InChI is InChI=1S/C18H22N2O4S/c1-3-4-10-20-15-11-13(18(21)22)12-16(25(2,19)23)17(15)24-14-8-6-5-7-9-14/h5-9,11-12,19-20H,3-4,10H2,1-2H3,(H,21,22). The summed E-state index contributed by atoms with van der Waals surface area (Å²) < 4.78 is 26.3. The number of unbranched alkanes of at least 4 members (excludes halogenated alkanes) is 1. The van der Waals surface area contributed by atoms with Crippen molar-refractivity contribution in [3.05, 3.63) is 48.0 Å². The predicted molar refractivity (Wildman–Crippen MR) is 98.4 cm³/mol. The van der Waals surface area contributed by atoms with E-state index in [0.29, 0.717) is 18.0 Å². The Hall–Kier alpha value is -2.54. The molecule has 1 unspecified atom stereocenters. The second kappa shape index (κ2) is 8.02. The lowest BCUT2D eigenvalue weighted by atomic mass is 10.1. The fourth-order valence-corrected chi connectivity index (χ4v) is 3.12. The maximum atomic E-state index is 12.4. The van der Waals surface area contributed by atoms with Gasteiger partial charge in [0.05, 0.1) is 25.9 Å². The Bertz CT molecular complexity index is 849. The Morgan fingerprint density at radius 2 is 1.96 bits per heavy atom. The summed E-state index contributed by atoms with van der Waals surface area (Å²) in [6.45, 7) is 2.66. The Morgan fingerprint density at radius 1 is 1.28 bits per heavy atom. The van der Waals surface area contributed by atoms with E-state index < -0.39 is 15.7 Å². The molecule has 0 bridgehead atoms. The number of ether oxygens (including phenoxy) is 1. The highest BCUT2D eigenvalue weighted by Crippen LogP contribution is 2.37. The Labute approximate surface area is 147 Å². The summed E-state index contributed by atoms with van der Waals surface area (Å²) in [6.07, 6.45) is 3.11. The summed E-state index contributed by atoms with van der Waals surface area (Å²) in [4.78, 5) is 11.5. The van der Waals surface area contributed by atoms with Gasteiger partial charge in [-0.25, -0.2) is 13.8 Å². The topological polar surface area (TPSA) is 99.5 Å². The minimum Gasteiger partial charge on any atom is -0.478 e. The lowest BCUT2D eigenvalue weighted by molar-refractivity contribution is 0.0696. The first-order valence-electron chi connectivity index (χ1n) is 7.95. The minimum absolute atomic E-state index is 0.0313. The van der Waals surface area contributed by atoms with Crippen molar-refractivity contribution in [2.75, 3.05) is 18.1 Å². The average Bonchev–Trinajstić information content (AvgIpc) is 2.56. The zero-order valence-electron chi connectivity index (χ0n) is 14.2. The molecule has 0 aliphatic rings. The third-order valence-corrected chi connectivity index (χ3v) is 4.67. The van der Waals surface area contributed by atoms with Crippen molar-refractivity contribution < 1.29 is 18.8 Å². The van der Waals surface area contributed by atoms with Crippen LogP contribution in [0.2, 0.25) is 0 Å². The Morgan fingerprint density at radius 3 is 2.52 bits per heavy atom. The Balaban J connectivity index is 2.59. The van der Waals surface area contributed by atoms with Crippen LogP contribution in [0.1, 0.15) is 30.1 Å². The maximum absolute atomic E-state index is 12.4. The third kappa shape index (κ3) is 4.96. The molecule has 0 saturated carbocycles. The van der Waals surface area contributed by atoms with Gasteiger partial charge in [-0.3, -0.25) is 0 Å². The highest BCUT2D eigenvalue weighted by Gasteiger charge is 2.21. The van der Waals surface area contributed by atoms with Crippen molar-refractivity contribution in [2.24, 2.45) is 0 Å². The van der Waals surface area contributed by atoms with E-state index in [2.05, 4.69) is 5.32 Å². The molecule has 3 N–H and O–H groups in total. The van der Waals surface area contributed by atoms with Gasteiger partial charge in [-0.1, -0.05) is 31.5 Å². The van der Waals surface area contributed by atoms with Gasteiger partial charge in [0.1, 0.15) is 5.75 Å². The van der Waals surface area contributed by atoms with Crippen LogP contribution < -0.4 is 10.1 Å². The molecule has 7 heteroatoms. The molecule has 2 aromatic carbocycles. The maximum Gasteiger partial charge on any atom is 0.335 e. The lowest BCUT2D eigenvalue weighted by Crippen LogP contribution is -2.09. The molecule has 0 aliphatic heterocycles. The van der Waals surface area contributed by atoms with Gasteiger partial charge in [-0.05, 0) is 30.7 Å². The number of carboxylic acid groups (broad SMARTS) is 1. The fourth-order valence-electron chi connectivity index (χ4n) is 2.26. The van der Waals surface area contributed by atoms with E-state index >= 15 is 0 Å². The number of anilines is 1. The second-order valence-electron chi connectivity index (χ2n) is 5.70. The number of hydrogen-bond donors (Lipinski definition) is 3. The number of benzene rings is 2. The summed E-state index contributed by atoms with van der Waals surface area (Å²) in [5.41, 5.74) is 0.394. The molecule has 0 aromatic heterocycles. The first-order chi connectivity index (χ1) is 11.8. The van der Waals surface area contributed by atoms with E-state index in [-0.39, 0.29) is 16.2 Å². The van der Waals surface area contributed by atoms with Gasteiger partial charge in [0, 0.05) is 12.8 Å². The van der Waals surface area contributed by atoms with Gasteiger partial charge in [-0.2, -0.15) is 0 Å². The van der Waals surface area contributed by atoms with Crippen LogP contribution in [0, 0.1) is 4.78 Å². The molecule has 6 nitrogen and oxygen atoms in total. The van der Waals surface area contributed by atoms with Crippen LogP contribution in [-0.4, -0.2) is 28.1 Å². The summed E-state index contributed by atoms with van der Waals surface area (Å²) >= 11 is 0. The van der Waals surface area contributed by atoms with Crippen molar-refractivity contribution in [2.45, 2.75) is 24.7 Å². The van der Waals surface area contributed by atoms with Crippen LogP contribution in [0.5, 0.6) is 11.5 Å². The van der Waals surface area contributed by atoms with Crippen molar-refractivity contribution in [3.63, 3.8) is 0 Å². The van der Waals surface area contributed by atoms with E-state index in [4.69, 9.17) is 9.52 Å². The molecule has 0 aliphatic carbocycles. The van der Waals surface area contributed by atoms with Gasteiger partial charge in [0.25, 0.3) is 0 Å². The normalized spacial score (nSPS) is 13.0. The van der Waals surface area contributed by atoms with E-state index in [9.17, 15) is 14.1 Å². The first kappa shape index (κ1) is 18.8. The molecular formula is C18H22N2O4S. The first-order valence-corrected chi connectivity index (χ1v) is 9.91. The van der Waals surface area contributed by atoms with Crippen LogP contribution in [-0.2, 0) is 9.73 Å². The van der Waals surface area contributed by atoms with Gasteiger partial charge >= 0.3 is 5.97 Å². The summed E-state index contributed by atoms with van der Waals surface area (Å²) in [5, 5.41) is 12.5. The molecule has 134 valence electrons. The SMILES string of the molecule is CCCCNc1cc(C(=O)O)cc(S(C)(=N)=O)c1Oc1ccccc1. The number of para-hydroxylation sites is 1. The predicted octanol–water partition coefficient (Wildman–Crippen LogP) is 4.42. The molecule has 0 fully saturated rings. The number of carbonyl (C=O) groups is 1. The molecule has 0 spiro atoms. The van der Waals surface area contributed by atoms with Crippen molar-refractivity contribution >= 4 is 21.4 Å². The van der Waals surface area contributed by atoms with Crippen LogP contribution >= 0.6 is 0 Å². The van der Waals surface area contributed by atoms with Crippen LogP contribution in [0.25, 0.3) is 0 Å². The molecule has 0 saturated heterocycles. The van der Waals surface area contributed by atoms with E-state index in [0.717, 1.165) is 12.8 Å². The minimum atomic E-state index is -3.19. The van der Waals surface area contributed by atoms with Gasteiger partial charge in [-0.15, -0.1) is 0 Å². The number of hydrogen-bond acceptors (Lipinski definition) is 5. The second-order valence-corrected chi connectivity index (χ2v) is 7.82. The van der Waals surface area contributed by atoms with Gasteiger partial charge < -0.3 is 15.2 Å². The van der Waals surface area contributed by atoms with Crippen LogP contribution in [0.15, 0.2) is 47.4 Å². The molecule has 2 rings (SSSR count). The smallest absolute Gasteiger partial charge is 0.335 e. The van der Waals surface area contributed by atoms with E-state index in [1.54, 1.807) is 24.3 Å². The zero-order chi connectivity index (χ0) is 18.4. The zero-order valence-corrected chi connectivity index (χ0v) is 15.1. The van der Waals surface area contributed by atoms with Crippen LogP contribution in [0.4, 0.5) is 5.69 Å². The summed E-state index contributed by atoms with van der Waals surface area (Å²) in [7, 11) is -3.19. The quantitative estimate of drug-likeness (QED) is 0.604. The largest absolute Gasteiger partial charge is 0.478 e. The number of nitrogens with one attached hydrogen (secondary N) is 2. The third-order valence-electron chi connectivity index (χ3n) is 3.53. The molecule has 0 amide bonds. The molecule has 0 radical (unpaired) electrons. The van der Waals surface area contributed by atoms with Gasteiger partial charge in [0.2, 0.25) is 0 Å². The molecule has 2 aromatic rings. The molecule has 1 atom stereocenters. The van der Waals surface area contributed by atoms with E-state index in [1.165, 1.54) is 18.4 Å². The van der Waals surface area contributed by atoms with Crippen LogP contribution in [0.3, 0.4) is 0 Å². The molecule has 0 heterocycles.